The van der Waals surface area contributed by atoms with E-state index >= 15 is 0 Å². The van der Waals surface area contributed by atoms with Crippen molar-refractivity contribution < 1.29 is 17.9 Å². The standard InChI is InChI=1S/C19H24N2O4S/c1-13-8-14(2)10-16(9-13)20-19(22)12-21(4)26(23,24)17-6-7-18(25-5)15(3)11-17/h6-11H,12H2,1-5H3,(H,20,22). The van der Waals surface area contributed by atoms with E-state index in [1.807, 2.05) is 32.0 Å². The summed E-state index contributed by atoms with van der Waals surface area (Å²) in [5.74, 6) is 0.213. The number of rotatable bonds is 6. The minimum absolute atomic E-state index is 0.123. The monoisotopic (exact) mass is 376 g/mol. The lowest BCUT2D eigenvalue weighted by atomic mass is 10.1. The highest BCUT2D eigenvalue weighted by Crippen LogP contribution is 2.23. The zero-order valence-electron chi connectivity index (χ0n) is 15.7. The predicted octanol–water partition coefficient (Wildman–Crippen LogP) is 2.88. The zero-order valence-corrected chi connectivity index (χ0v) is 16.5. The Morgan fingerprint density at radius 1 is 1.08 bits per heavy atom. The normalized spacial score (nSPS) is 11.5. The molecule has 0 aliphatic heterocycles. The summed E-state index contributed by atoms with van der Waals surface area (Å²) in [6, 6.07) is 10.3. The van der Waals surface area contributed by atoms with Gasteiger partial charge in [0, 0.05) is 12.7 Å². The molecule has 0 aromatic heterocycles. The van der Waals surface area contributed by atoms with Crippen LogP contribution in [0.25, 0.3) is 0 Å². The second kappa shape index (κ2) is 7.88. The van der Waals surface area contributed by atoms with Gasteiger partial charge < -0.3 is 10.1 Å². The van der Waals surface area contributed by atoms with Crippen LogP contribution < -0.4 is 10.1 Å². The van der Waals surface area contributed by atoms with Crippen LogP contribution in [0.1, 0.15) is 16.7 Å². The topological polar surface area (TPSA) is 75.7 Å². The summed E-state index contributed by atoms with van der Waals surface area (Å²) in [5.41, 5.74) is 3.41. The number of aryl methyl sites for hydroxylation is 3. The molecule has 0 saturated heterocycles. The summed E-state index contributed by atoms with van der Waals surface area (Å²) >= 11 is 0. The first kappa shape index (κ1) is 19.9. The zero-order chi connectivity index (χ0) is 19.5. The number of nitrogens with one attached hydrogen (secondary N) is 1. The number of hydrogen-bond donors (Lipinski definition) is 1. The SMILES string of the molecule is COc1ccc(S(=O)(=O)N(C)CC(=O)Nc2cc(C)cc(C)c2)cc1C. The third-order valence-corrected chi connectivity index (χ3v) is 5.75. The smallest absolute Gasteiger partial charge is 0.243 e. The van der Waals surface area contributed by atoms with Gasteiger partial charge in [-0.1, -0.05) is 6.07 Å². The number of benzene rings is 2. The molecule has 1 N–H and O–H groups in total. The molecule has 0 atom stereocenters. The molecule has 0 unspecified atom stereocenters. The highest BCUT2D eigenvalue weighted by Gasteiger charge is 2.23. The van der Waals surface area contributed by atoms with Crippen LogP contribution in [0.3, 0.4) is 0 Å². The number of carbonyl (C=O) groups excluding carboxylic acids is 1. The molecule has 0 aliphatic rings. The van der Waals surface area contributed by atoms with Crippen molar-refractivity contribution in [3.05, 3.63) is 53.1 Å². The lowest BCUT2D eigenvalue weighted by Crippen LogP contribution is -2.35. The van der Waals surface area contributed by atoms with Crippen LogP contribution in [0.2, 0.25) is 0 Å². The number of sulfonamides is 1. The molecule has 0 bridgehead atoms. The van der Waals surface area contributed by atoms with Crippen molar-refractivity contribution in [2.24, 2.45) is 0 Å². The number of nitrogens with zero attached hydrogens (tertiary/aromatic N) is 1. The number of methoxy groups -OCH3 is 1. The Hall–Kier alpha value is -2.38. The molecule has 0 saturated carbocycles. The van der Waals surface area contributed by atoms with Crippen molar-refractivity contribution in [3.63, 3.8) is 0 Å². The van der Waals surface area contributed by atoms with Crippen LogP contribution in [0, 0.1) is 20.8 Å². The van der Waals surface area contributed by atoms with E-state index in [-0.39, 0.29) is 11.4 Å². The van der Waals surface area contributed by atoms with Crippen molar-refractivity contribution in [2.75, 3.05) is 26.0 Å². The predicted molar refractivity (Wildman–Crippen MR) is 102 cm³/mol. The first-order chi connectivity index (χ1) is 12.1. The third kappa shape index (κ3) is 4.62. The average molecular weight is 376 g/mol. The van der Waals surface area contributed by atoms with Gasteiger partial charge in [0.15, 0.2) is 0 Å². The molecule has 0 spiro atoms. The summed E-state index contributed by atoms with van der Waals surface area (Å²) in [7, 11) is -0.861. The van der Waals surface area contributed by atoms with E-state index in [1.54, 1.807) is 13.0 Å². The Labute approximate surface area is 154 Å². The molecule has 0 aliphatic carbocycles. The number of hydrogen-bond acceptors (Lipinski definition) is 4. The highest BCUT2D eigenvalue weighted by atomic mass is 32.2. The van der Waals surface area contributed by atoms with Gasteiger partial charge in [-0.2, -0.15) is 4.31 Å². The van der Waals surface area contributed by atoms with Gasteiger partial charge in [0.25, 0.3) is 0 Å². The van der Waals surface area contributed by atoms with E-state index in [0.29, 0.717) is 17.0 Å². The van der Waals surface area contributed by atoms with Crippen molar-refractivity contribution >= 4 is 21.6 Å². The number of likely N-dealkylation sites (N-methyl/N-ethyl adjacent to an activating group) is 1. The largest absolute Gasteiger partial charge is 0.496 e. The number of amides is 1. The second-order valence-corrected chi connectivity index (χ2v) is 8.36. The Morgan fingerprint density at radius 3 is 2.23 bits per heavy atom. The van der Waals surface area contributed by atoms with E-state index < -0.39 is 15.9 Å². The van der Waals surface area contributed by atoms with Crippen molar-refractivity contribution in [2.45, 2.75) is 25.7 Å². The molecular formula is C19H24N2O4S. The highest BCUT2D eigenvalue weighted by molar-refractivity contribution is 7.89. The first-order valence-electron chi connectivity index (χ1n) is 8.12. The van der Waals surface area contributed by atoms with Crippen molar-refractivity contribution in [1.82, 2.24) is 4.31 Å². The fraction of sp³-hybridized carbons (Fsp3) is 0.316. The molecule has 2 aromatic rings. The summed E-state index contributed by atoms with van der Waals surface area (Å²) in [6.45, 7) is 5.36. The van der Waals surface area contributed by atoms with Gasteiger partial charge in [-0.15, -0.1) is 0 Å². The van der Waals surface area contributed by atoms with Crippen molar-refractivity contribution in [3.8, 4) is 5.75 Å². The first-order valence-corrected chi connectivity index (χ1v) is 9.56. The maximum atomic E-state index is 12.7. The molecule has 140 valence electrons. The van der Waals surface area contributed by atoms with Gasteiger partial charge in [0.1, 0.15) is 5.75 Å². The van der Waals surface area contributed by atoms with Crippen LogP contribution in [0.15, 0.2) is 41.3 Å². The van der Waals surface area contributed by atoms with Gasteiger partial charge in [-0.05, 0) is 67.8 Å². The summed E-state index contributed by atoms with van der Waals surface area (Å²) < 4.78 is 31.6. The molecule has 0 heterocycles. The number of anilines is 1. The lowest BCUT2D eigenvalue weighted by Gasteiger charge is -2.18. The fourth-order valence-electron chi connectivity index (χ4n) is 2.73. The molecular weight excluding hydrogens is 352 g/mol. The number of carbonyl (C=O) groups is 1. The van der Waals surface area contributed by atoms with Crippen LogP contribution in [0.5, 0.6) is 5.75 Å². The van der Waals surface area contributed by atoms with Gasteiger partial charge in [0.2, 0.25) is 15.9 Å². The second-order valence-electron chi connectivity index (χ2n) is 6.32. The summed E-state index contributed by atoms with van der Waals surface area (Å²) in [4.78, 5) is 12.4. The quantitative estimate of drug-likeness (QED) is 0.841. The van der Waals surface area contributed by atoms with E-state index in [4.69, 9.17) is 4.74 Å². The Morgan fingerprint density at radius 2 is 1.69 bits per heavy atom. The number of ether oxygens (including phenoxy) is 1. The van der Waals surface area contributed by atoms with Crippen LogP contribution >= 0.6 is 0 Å². The summed E-state index contributed by atoms with van der Waals surface area (Å²) in [6.07, 6.45) is 0. The van der Waals surface area contributed by atoms with E-state index in [0.717, 1.165) is 15.4 Å². The summed E-state index contributed by atoms with van der Waals surface area (Å²) in [5, 5.41) is 2.74. The Bertz CT molecular complexity index is 903. The molecule has 0 fully saturated rings. The van der Waals surface area contributed by atoms with E-state index in [2.05, 4.69) is 5.32 Å². The third-order valence-electron chi connectivity index (χ3n) is 3.95. The molecule has 6 nitrogen and oxygen atoms in total. The van der Waals surface area contributed by atoms with E-state index in [1.165, 1.54) is 26.3 Å². The van der Waals surface area contributed by atoms with Crippen molar-refractivity contribution in [1.29, 1.82) is 0 Å². The van der Waals surface area contributed by atoms with Gasteiger partial charge in [0.05, 0.1) is 18.6 Å². The van der Waals surface area contributed by atoms with Gasteiger partial charge >= 0.3 is 0 Å². The Kier molecular flexibility index (Phi) is 6.05. The minimum atomic E-state index is -3.77. The van der Waals surface area contributed by atoms with Gasteiger partial charge in [-0.3, -0.25) is 4.79 Å². The van der Waals surface area contributed by atoms with Crippen LogP contribution in [-0.2, 0) is 14.8 Å². The molecule has 7 heteroatoms. The molecule has 2 aromatic carbocycles. The maximum absolute atomic E-state index is 12.7. The molecule has 0 radical (unpaired) electrons. The lowest BCUT2D eigenvalue weighted by molar-refractivity contribution is -0.116. The Balaban J connectivity index is 2.13. The maximum Gasteiger partial charge on any atom is 0.243 e. The fourth-order valence-corrected chi connectivity index (χ4v) is 3.94. The molecule has 2 rings (SSSR count). The van der Waals surface area contributed by atoms with Crippen LogP contribution in [-0.4, -0.2) is 39.3 Å². The van der Waals surface area contributed by atoms with Crippen LogP contribution in [0.4, 0.5) is 5.69 Å². The minimum Gasteiger partial charge on any atom is -0.496 e. The molecule has 26 heavy (non-hydrogen) atoms. The average Bonchev–Trinajstić information content (AvgIpc) is 2.53. The van der Waals surface area contributed by atoms with E-state index in [9.17, 15) is 13.2 Å². The van der Waals surface area contributed by atoms with Gasteiger partial charge in [-0.25, -0.2) is 8.42 Å². The molecule has 1 amide bonds.